The quantitative estimate of drug-likeness (QED) is 0.694. The van der Waals surface area contributed by atoms with E-state index in [0.717, 1.165) is 5.39 Å². The average molecular weight is 272 g/mol. The highest BCUT2D eigenvalue weighted by Crippen LogP contribution is 2.21. The maximum atomic E-state index is 11.9. The highest BCUT2D eigenvalue weighted by atomic mass is 16.5. The van der Waals surface area contributed by atoms with Crippen LogP contribution in [0.5, 0.6) is 0 Å². The first-order chi connectivity index (χ1) is 9.72. The van der Waals surface area contributed by atoms with Crippen LogP contribution in [0.4, 0.5) is 5.69 Å². The standard InChI is InChI=1S/C13H12N4O3/c14-9-1-2-10-8(5-9)6-11(20-10)13(18)15-4-3-12-16-7-19-17-12/h1-2,5-7H,3-4,14H2,(H,15,18). The van der Waals surface area contributed by atoms with Gasteiger partial charge in [-0.3, -0.25) is 4.79 Å². The lowest BCUT2D eigenvalue weighted by Gasteiger charge is -1.99. The van der Waals surface area contributed by atoms with Crippen molar-refractivity contribution in [3.8, 4) is 0 Å². The van der Waals surface area contributed by atoms with E-state index in [9.17, 15) is 4.79 Å². The van der Waals surface area contributed by atoms with Crippen LogP contribution in [0.15, 0.2) is 39.6 Å². The van der Waals surface area contributed by atoms with E-state index in [1.54, 1.807) is 24.3 Å². The molecule has 102 valence electrons. The SMILES string of the molecule is Nc1ccc2oc(C(=O)NCCc3ncon3)cc2c1. The first-order valence-electron chi connectivity index (χ1n) is 6.05. The minimum absolute atomic E-state index is 0.249. The number of carbonyl (C=O) groups excluding carboxylic acids is 1. The molecule has 0 aliphatic carbocycles. The predicted octanol–water partition coefficient (Wildman–Crippen LogP) is 1.37. The maximum Gasteiger partial charge on any atom is 0.287 e. The van der Waals surface area contributed by atoms with Crippen LogP contribution < -0.4 is 11.1 Å². The lowest BCUT2D eigenvalue weighted by atomic mass is 10.2. The van der Waals surface area contributed by atoms with Gasteiger partial charge in [0.25, 0.3) is 5.91 Å². The number of anilines is 1. The number of carbonyl (C=O) groups is 1. The molecule has 3 N–H and O–H groups in total. The molecule has 0 aliphatic rings. The van der Waals surface area contributed by atoms with Crippen molar-refractivity contribution < 1.29 is 13.7 Å². The van der Waals surface area contributed by atoms with Crippen molar-refractivity contribution in [2.24, 2.45) is 0 Å². The van der Waals surface area contributed by atoms with Crippen molar-refractivity contribution in [3.63, 3.8) is 0 Å². The average Bonchev–Trinajstić information content (AvgIpc) is 3.06. The van der Waals surface area contributed by atoms with Crippen LogP contribution >= 0.6 is 0 Å². The summed E-state index contributed by atoms with van der Waals surface area (Å²) in [5.41, 5.74) is 6.93. The molecule has 2 heterocycles. The van der Waals surface area contributed by atoms with Gasteiger partial charge >= 0.3 is 0 Å². The molecule has 0 radical (unpaired) electrons. The number of nitrogen functional groups attached to an aromatic ring is 1. The van der Waals surface area contributed by atoms with Crippen molar-refractivity contribution in [3.05, 3.63) is 42.2 Å². The predicted molar refractivity (Wildman–Crippen MR) is 71.0 cm³/mol. The molecule has 20 heavy (non-hydrogen) atoms. The van der Waals surface area contributed by atoms with Crippen molar-refractivity contribution in [1.82, 2.24) is 15.5 Å². The second-order valence-electron chi connectivity index (χ2n) is 4.26. The summed E-state index contributed by atoms with van der Waals surface area (Å²) in [5.74, 6) is 0.504. The summed E-state index contributed by atoms with van der Waals surface area (Å²) >= 11 is 0. The van der Waals surface area contributed by atoms with Gasteiger partial charge in [-0.05, 0) is 24.3 Å². The van der Waals surface area contributed by atoms with E-state index in [2.05, 4.69) is 20.0 Å². The number of nitrogens with zero attached hydrogens (tertiary/aromatic N) is 2. The molecule has 0 bridgehead atoms. The highest BCUT2D eigenvalue weighted by Gasteiger charge is 2.12. The number of hydrogen-bond acceptors (Lipinski definition) is 6. The number of furan rings is 1. The third-order valence-corrected chi connectivity index (χ3v) is 2.81. The Bertz CT molecular complexity index is 733. The Morgan fingerprint density at radius 2 is 2.25 bits per heavy atom. The molecule has 1 aromatic carbocycles. The Hall–Kier alpha value is -2.83. The van der Waals surface area contributed by atoms with E-state index in [1.807, 2.05) is 0 Å². The van der Waals surface area contributed by atoms with Gasteiger partial charge in [-0.25, -0.2) is 0 Å². The third-order valence-electron chi connectivity index (χ3n) is 2.81. The lowest BCUT2D eigenvalue weighted by Crippen LogP contribution is -2.25. The van der Waals surface area contributed by atoms with E-state index < -0.39 is 0 Å². The van der Waals surface area contributed by atoms with Gasteiger partial charge in [-0.1, -0.05) is 5.16 Å². The third kappa shape index (κ3) is 2.46. The van der Waals surface area contributed by atoms with Crippen LogP contribution in [0.25, 0.3) is 11.0 Å². The molecule has 2 aromatic heterocycles. The number of nitrogens with one attached hydrogen (secondary N) is 1. The molecule has 7 nitrogen and oxygen atoms in total. The summed E-state index contributed by atoms with van der Waals surface area (Å²) in [6.07, 6.45) is 1.75. The van der Waals surface area contributed by atoms with Gasteiger partial charge in [-0.15, -0.1) is 0 Å². The molecular weight excluding hydrogens is 260 g/mol. The van der Waals surface area contributed by atoms with Crippen LogP contribution in [-0.2, 0) is 6.42 Å². The molecule has 0 unspecified atom stereocenters. The van der Waals surface area contributed by atoms with Crippen LogP contribution in [0.1, 0.15) is 16.4 Å². The summed E-state index contributed by atoms with van der Waals surface area (Å²) in [4.78, 5) is 15.8. The largest absolute Gasteiger partial charge is 0.451 e. The van der Waals surface area contributed by atoms with E-state index in [0.29, 0.717) is 30.1 Å². The van der Waals surface area contributed by atoms with Crippen LogP contribution in [-0.4, -0.2) is 22.6 Å². The zero-order chi connectivity index (χ0) is 13.9. The van der Waals surface area contributed by atoms with Gasteiger partial charge in [0.05, 0.1) is 0 Å². The van der Waals surface area contributed by atoms with Crippen molar-refractivity contribution in [1.29, 1.82) is 0 Å². The molecule has 1 amide bonds. The fraction of sp³-hybridized carbons (Fsp3) is 0.154. The van der Waals surface area contributed by atoms with Crippen molar-refractivity contribution in [2.75, 3.05) is 12.3 Å². The zero-order valence-electron chi connectivity index (χ0n) is 10.5. The summed E-state index contributed by atoms with van der Waals surface area (Å²) in [7, 11) is 0. The number of amides is 1. The normalized spacial score (nSPS) is 10.8. The molecule has 0 fully saturated rings. The van der Waals surface area contributed by atoms with Crippen molar-refractivity contribution in [2.45, 2.75) is 6.42 Å². The number of fused-ring (bicyclic) bond motifs is 1. The van der Waals surface area contributed by atoms with E-state index in [4.69, 9.17) is 10.2 Å². The number of rotatable bonds is 4. The monoisotopic (exact) mass is 272 g/mol. The molecular formula is C13H12N4O3. The second kappa shape index (κ2) is 5.04. The molecule has 7 heteroatoms. The van der Waals surface area contributed by atoms with E-state index in [-0.39, 0.29) is 11.7 Å². The van der Waals surface area contributed by atoms with Crippen LogP contribution in [0.2, 0.25) is 0 Å². The fourth-order valence-corrected chi connectivity index (χ4v) is 1.85. The first kappa shape index (κ1) is 12.2. The first-order valence-corrected chi connectivity index (χ1v) is 6.05. The van der Waals surface area contributed by atoms with Crippen LogP contribution in [0.3, 0.4) is 0 Å². The molecule has 0 saturated heterocycles. The Morgan fingerprint density at radius 3 is 3.05 bits per heavy atom. The maximum absolute atomic E-state index is 11.9. The summed E-state index contributed by atoms with van der Waals surface area (Å²) in [6.45, 7) is 0.400. The van der Waals surface area contributed by atoms with Gasteiger partial charge in [-0.2, -0.15) is 4.98 Å². The lowest BCUT2D eigenvalue weighted by molar-refractivity contribution is 0.0928. The fourth-order valence-electron chi connectivity index (χ4n) is 1.85. The Kier molecular flexibility index (Phi) is 3.08. The van der Waals surface area contributed by atoms with E-state index in [1.165, 1.54) is 6.39 Å². The van der Waals surface area contributed by atoms with Crippen LogP contribution in [0, 0.1) is 0 Å². The topological polar surface area (TPSA) is 107 Å². The van der Waals surface area contributed by atoms with E-state index >= 15 is 0 Å². The highest BCUT2D eigenvalue weighted by molar-refractivity contribution is 5.96. The number of benzene rings is 1. The Morgan fingerprint density at radius 1 is 1.35 bits per heavy atom. The second-order valence-corrected chi connectivity index (χ2v) is 4.26. The Labute approximate surface area is 113 Å². The molecule has 3 aromatic rings. The minimum Gasteiger partial charge on any atom is -0.451 e. The van der Waals surface area contributed by atoms with Crippen molar-refractivity contribution >= 4 is 22.6 Å². The van der Waals surface area contributed by atoms with Gasteiger partial charge in [0.1, 0.15) is 5.58 Å². The van der Waals surface area contributed by atoms with Gasteiger partial charge in [0.15, 0.2) is 11.6 Å². The molecule has 3 rings (SSSR count). The minimum atomic E-state index is -0.289. The van der Waals surface area contributed by atoms with Gasteiger partial charge in [0, 0.05) is 24.0 Å². The smallest absolute Gasteiger partial charge is 0.287 e. The number of nitrogens with two attached hydrogens (primary N) is 1. The zero-order valence-corrected chi connectivity index (χ0v) is 10.5. The molecule has 0 saturated carbocycles. The summed E-state index contributed by atoms with van der Waals surface area (Å²) < 4.78 is 10.1. The number of aromatic nitrogens is 2. The van der Waals surface area contributed by atoms with Gasteiger partial charge < -0.3 is 20.0 Å². The summed E-state index contributed by atoms with van der Waals surface area (Å²) in [5, 5.41) is 7.18. The molecule has 0 spiro atoms. The molecule has 0 atom stereocenters. The Balaban J connectivity index is 1.66. The van der Waals surface area contributed by atoms with Gasteiger partial charge in [0.2, 0.25) is 6.39 Å². The number of hydrogen-bond donors (Lipinski definition) is 2. The summed E-state index contributed by atoms with van der Waals surface area (Å²) in [6, 6.07) is 6.88. The molecule has 0 aliphatic heterocycles.